The summed E-state index contributed by atoms with van der Waals surface area (Å²) in [7, 11) is 0. The van der Waals surface area contributed by atoms with Gasteiger partial charge in [0, 0.05) is 25.7 Å². The highest BCUT2D eigenvalue weighted by atomic mass is 16.5. The molecule has 7 nitrogen and oxygen atoms in total. The zero-order valence-corrected chi connectivity index (χ0v) is 18.3. The minimum atomic E-state index is 0.121. The van der Waals surface area contributed by atoms with Crippen molar-refractivity contribution in [3.8, 4) is 5.75 Å². The molecule has 0 fully saturated rings. The number of fused-ring (bicyclic) bond motifs is 1. The van der Waals surface area contributed by atoms with Gasteiger partial charge in [0.05, 0.1) is 12.6 Å². The first-order chi connectivity index (χ1) is 14.6. The minimum absolute atomic E-state index is 0.121. The predicted molar refractivity (Wildman–Crippen MR) is 121 cm³/mol. The Balaban J connectivity index is 1.58. The average Bonchev–Trinajstić information content (AvgIpc) is 3.16. The molecular formula is C23H32N6O. The molecule has 0 saturated carbocycles. The molecule has 0 bridgehead atoms. The van der Waals surface area contributed by atoms with Gasteiger partial charge in [-0.05, 0) is 49.6 Å². The molecule has 0 aliphatic rings. The number of hydrogen-bond acceptors (Lipinski definition) is 4. The molecule has 7 heteroatoms. The molecule has 160 valence electrons. The molecule has 0 spiro atoms. The summed E-state index contributed by atoms with van der Waals surface area (Å²) in [5, 5.41) is 15.3. The first kappa shape index (κ1) is 21.6. The van der Waals surface area contributed by atoms with Crippen molar-refractivity contribution in [2.45, 2.75) is 40.2 Å². The van der Waals surface area contributed by atoms with Crippen LogP contribution in [0.25, 0.3) is 5.65 Å². The van der Waals surface area contributed by atoms with Gasteiger partial charge >= 0.3 is 0 Å². The summed E-state index contributed by atoms with van der Waals surface area (Å²) in [6.45, 7) is 10.6. The van der Waals surface area contributed by atoms with E-state index in [2.05, 4.69) is 60.7 Å². The van der Waals surface area contributed by atoms with Gasteiger partial charge < -0.3 is 15.4 Å². The Morgan fingerprint density at radius 2 is 1.90 bits per heavy atom. The van der Waals surface area contributed by atoms with Crippen LogP contribution in [0.2, 0.25) is 0 Å². The first-order valence-electron chi connectivity index (χ1n) is 10.6. The number of hydrogen-bond donors (Lipinski definition) is 2. The predicted octanol–water partition coefficient (Wildman–Crippen LogP) is 3.62. The highest BCUT2D eigenvalue weighted by Gasteiger charge is 2.09. The summed E-state index contributed by atoms with van der Waals surface area (Å²) >= 11 is 0. The smallest absolute Gasteiger partial charge is 0.191 e. The minimum Gasteiger partial charge on any atom is -0.493 e. The molecule has 0 aliphatic carbocycles. The van der Waals surface area contributed by atoms with E-state index in [0.29, 0.717) is 12.5 Å². The van der Waals surface area contributed by atoms with E-state index in [0.717, 1.165) is 42.8 Å². The second kappa shape index (κ2) is 10.6. The number of aliphatic imine (C=N–C) groups is 1. The van der Waals surface area contributed by atoms with Gasteiger partial charge in [0.25, 0.3) is 0 Å². The van der Waals surface area contributed by atoms with Crippen LogP contribution in [0.1, 0.15) is 45.1 Å². The zero-order chi connectivity index (χ0) is 21.3. The standard InChI is InChI=1S/C23H32N6O/c1-5-24-23(25-14-13-22-28-27-21-8-6-7-15-29(21)22)26-18(4)19-9-11-20(12-10-19)30-16-17(2)3/h6-12,15,17-18H,5,13-14,16H2,1-4H3,(H2,24,25,26). The number of guanidine groups is 1. The summed E-state index contributed by atoms with van der Waals surface area (Å²) in [6.07, 6.45) is 2.70. The summed E-state index contributed by atoms with van der Waals surface area (Å²) < 4.78 is 7.77. The van der Waals surface area contributed by atoms with Crippen molar-refractivity contribution in [2.75, 3.05) is 19.7 Å². The fraction of sp³-hybridized carbons (Fsp3) is 0.435. The summed E-state index contributed by atoms with van der Waals surface area (Å²) in [4.78, 5) is 4.72. The van der Waals surface area contributed by atoms with E-state index in [-0.39, 0.29) is 6.04 Å². The number of aromatic nitrogens is 3. The van der Waals surface area contributed by atoms with Crippen LogP contribution in [0.4, 0.5) is 0 Å². The lowest BCUT2D eigenvalue weighted by Gasteiger charge is -2.18. The Morgan fingerprint density at radius 1 is 1.10 bits per heavy atom. The van der Waals surface area contributed by atoms with Crippen LogP contribution >= 0.6 is 0 Å². The van der Waals surface area contributed by atoms with Crippen molar-refractivity contribution in [3.05, 3.63) is 60.0 Å². The van der Waals surface area contributed by atoms with E-state index < -0.39 is 0 Å². The van der Waals surface area contributed by atoms with E-state index in [1.54, 1.807) is 0 Å². The second-order valence-corrected chi connectivity index (χ2v) is 7.70. The van der Waals surface area contributed by atoms with Crippen molar-refractivity contribution in [3.63, 3.8) is 0 Å². The molecular weight excluding hydrogens is 376 g/mol. The highest BCUT2D eigenvalue weighted by Crippen LogP contribution is 2.18. The fourth-order valence-corrected chi connectivity index (χ4v) is 3.05. The maximum atomic E-state index is 5.77. The Kier molecular flexibility index (Phi) is 7.65. The van der Waals surface area contributed by atoms with E-state index in [1.165, 1.54) is 5.56 Å². The van der Waals surface area contributed by atoms with Gasteiger partial charge in [-0.3, -0.25) is 9.39 Å². The normalized spacial score (nSPS) is 12.9. The van der Waals surface area contributed by atoms with Gasteiger partial charge in [-0.2, -0.15) is 0 Å². The number of ether oxygens (including phenoxy) is 1. The van der Waals surface area contributed by atoms with Crippen LogP contribution in [-0.2, 0) is 6.42 Å². The summed E-state index contributed by atoms with van der Waals surface area (Å²) in [6, 6.07) is 14.3. The van der Waals surface area contributed by atoms with E-state index in [9.17, 15) is 0 Å². The number of nitrogens with zero attached hydrogens (tertiary/aromatic N) is 4. The molecule has 0 saturated heterocycles. The monoisotopic (exact) mass is 408 g/mol. The van der Waals surface area contributed by atoms with Gasteiger partial charge in [0.15, 0.2) is 11.6 Å². The number of rotatable bonds is 9. The average molecular weight is 409 g/mol. The van der Waals surface area contributed by atoms with Crippen LogP contribution in [-0.4, -0.2) is 40.3 Å². The van der Waals surface area contributed by atoms with Crippen LogP contribution < -0.4 is 15.4 Å². The molecule has 1 aromatic carbocycles. The number of pyridine rings is 1. The Hall–Kier alpha value is -3.09. The van der Waals surface area contributed by atoms with Crippen LogP contribution in [0.3, 0.4) is 0 Å². The SMILES string of the molecule is CCNC(=NCCc1nnc2ccccn12)NC(C)c1ccc(OCC(C)C)cc1. The van der Waals surface area contributed by atoms with Gasteiger partial charge in [0.1, 0.15) is 11.6 Å². The second-order valence-electron chi connectivity index (χ2n) is 7.70. The van der Waals surface area contributed by atoms with E-state index in [1.807, 2.05) is 40.9 Å². The number of benzene rings is 1. The first-order valence-corrected chi connectivity index (χ1v) is 10.6. The van der Waals surface area contributed by atoms with Crippen molar-refractivity contribution in [1.82, 2.24) is 25.2 Å². The van der Waals surface area contributed by atoms with Gasteiger partial charge in [-0.15, -0.1) is 10.2 Å². The highest BCUT2D eigenvalue weighted by molar-refractivity contribution is 5.80. The molecule has 2 aromatic heterocycles. The van der Waals surface area contributed by atoms with Crippen molar-refractivity contribution >= 4 is 11.6 Å². The lowest BCUT2D eigenvalue weighted by atomic mass is 10.1. The topological polar surface area (TPSA) is 75.8 Å². The number of nitrogens with one attached hydrogen (secondary N) is 2. The molecule has 0 aliphatic heterocycles. The van der Waals surface area contributed by atoms with Crippen LogP contribution in [0.5, 0.6) is 5.75 Å². The molecule has 2 N–H and O–H groups in total. The maximum Gasteiger partial charge on any atom is 0.191 e. The van der Waals surface area contributed by atoms with Crippen LogP contribution in [0, 0.1) is 5.92 Å². The van der Waals surface area contributed by atoms with Gasteiger partial charge in [0.2, 0.25) is 0 Å². The maximum absolute atomic E-state index is 5.77. The van der Waals surface area contributed by atoms with Gasteiger partial charge in [-0.1, -0.05) is 32.0 Å². The zero-order valence-electron chi connectivity index (χ0n) is 18.3. The molecule has 3 rings (SSSR count). The third-order valence-electron chi connectivity index (χ3n) is 4.65. The fourth-order valence-electron chi connectivity index (χ4n) is 3.05. The molecule has 3 aromatic rings. The van der Waals surface area contributed by atoms with Crippen molar-refractivity contribution in [2.24, 2.45) is 10.9 Å². The molecule has 1 atom stereocenters. The molecule has 0 radical (unpaired) electrons. The largest absolute Gasteiger partial charge is 0.493 e. The summed E-state index contributed by atoms with van der Waals surface area (Å²) in [5.74, 6) is 3.12. The Bertz CT molecular complexity index is 948. The molecule has 30 heavy (non-hydrogen) atoms. The third kappa shape index (κ3) is 5.95. The summed E-state index contributed by atoms with van der Waals surface area (Å²) in [5.41, 5.74) is 2.04. The molecule has 2 heterocycles. The lowest BCUT2D eigenvalue weighted by Crippen LogP contribution is -2.38. The quantitative estimate of drug-likeness (QED) is 0.418. The molecule has 1 unspecified atom stereocenters. The third-order valence-corrected chi connectivity index (χ3v) is 4.65. The Labute approximate surface area is 178 Å². The Morgan fingerprint density at radius 3 is 2.63 bits per heavy atom. The van der Waals surface area contributed by atoms with Crippen molar-refractivity contribution < 1.29 is 4.74 Å². The van der Waals surface area contributed by atoms with Gasteiger partial charge in [-0.25, -0.2) is 0 Å². The lowest BCUT2D eigenvalue weighted by molar-refractivity contribution is 0.271. The van der Waals surface area contributed by atoms with Crippen LogP contribution in [0.15, 0.2) is 53.7 Å². The van der Waals surface area contributed by atoms with E-state index in [4.69, 9.17) is 9.73 Å². The van der Waals surface area contributed by atoms with E-state index >= 15 is 0 Å². The molecule has 0 amide bonds. The van der Waals surface area contributed by atoms with Crippen molar-refractivity contribution in [1.29, 1.82) is 0 Å².